The first-order chi connectivity index (χ1) is 9.19. The van der Waals surface area contributed by atoms with Crippen LogP contribution in [-0.4, -0.2) is 17.8 Å². The lowest BCUT2D eigenvalue weighted by molar-refractivity contribution is 0.111. The number of aliphatic hydroxyl groups is 1. The monoisotopic (exact) mass is 261 g/mol. The zero-order valence-corrected chi connectivity index (χ0v) is 12.2. The molecule has 0 spiro atoms. The maximum absolute atomic E-state index is 9.50. The van der Waals surface area contributed by atoms with Gasteiger partial charge in [-0.05, 0) is 61.6 Å². The average Bonchev–Trinajstić information content (AvgIpc) is 2.46. The highest BCUT2D eigenvalue weighted by atomic mass is 16.3. The van der Waals surface area contributed by atoms with Gasteiger partial charge in [0.25, 0.3) is 0 Å². The lowest BCUT2D eigenvalue weighted by Gasteiger charge is -2.25. The molecule has 0 amide bonds. The molecule has 1 aromatic carbocycles. The number of hydrogen-bond acceptors (Lipinski definition) is 2. The first-order valence-electron chi connectivity index (χ1n) is 7.71. The summed E-state index contributed by atoms with van der Waals surface area (Å²) in [5.74, 6) is 1.37. The third-order valence-corrected chi connectivity index (χ3v) is 4.50. The fourth-order valence-corrected chi connectivity index (χ4v) is 2.78. The summed E-state index contributed by atoms with van der Waals surface area (Å²) >= 11 is 0. The molecule has 1 saturated carbocycles. The molecule has 1 aliphatic rings. The van der Waals surface area contributed by atoms with Gasteiger partial charge in [-0.15, -0.1) is 0 Å². The summed E-state index contributed by atoms with van der Waals surface area (Å²) in [5, 5.41) is 13.0. The molecule has 1 fully saturated rings. The first kappa shape index (κ1) is 14.4. The number of aliphatic hydroxyl groups excluding tert-OH is 1. The number of hydrogen-bond donors (Lipinski definition) is 2. The fraction of sp³-hybridized carbons (Fsp3) is 0.647. The van der Waals surface area contributed by atoms with Gasteiger partial charge in [-0.1, -0.05) is 26.0 Å². The van der Waals surface area contributed by atoms with Crippen molar-refractivity contribution >= 4 is 5.69 Å². The van der Waals surface area contributed by atoms with E-state index in [0.717, 1.165) is 38.1 Å². The Kier molecular flexibility index (Phi) is 5.26. The average molecular weight is 261 g/mol. The van der Waals surface area contributed by atoms with E-state index in [1.54, 1.807) is 0 Å². The van der Waals surface area contributed by atoms with Gasteiger partial charge in [0.05, 0.1) is 6.10 Å². The Balaban J connectivity index is 1.80. The van der Waals surface area contributed by atoms with E-state index in [0.29, 0.717) is 5.92 Å². The molecule has 0 radical (unpaired) electrons. The van der Waals surface area contributed by atoms with Crippen LogP contribution in [0.25, 0.3) is 0 Å². The summed E-state index contributed by atoms with van der Waals surface area (Å²) in [7, 11) is 0. The molecule has 1 aromatic rings. The zero-order chi connectivity index (χ0) is 13.7. The second-order valence-corrected chi connectivity index (χ2v) is 5.99. The molecule has 19 heavy (non-hydrogen) atoms. The van der Waals surface area contributed by atoms with E-state index in [2.05, 4.69) is 43.4 Å². The maximum atomic E-state index is 9.50. The Morgan fingerprint density at radius 2 is 1.79 bits per heavy atom. The van der Waals surface area contributed by atoms with Gasteiger partial charge in [0, 0.05) is 12.2 Å². The molecular formula is C17H27NO. The van der Waals surface area contributed by atoms with Gasteiger partial charge < -0.3 is 10.4 Å². The SMILES string of the molecule is CCC(C)c1ccc(NCC2CCC(O)CC2)cc1. The minimum Gasteiger partial charge on any atom is -0.393 e. The van der Waals surface area contributed by atoms with Crippen LogP contribution >= 0.6 is 0 Å². The lowest BCUT2D eigenvalue weighted by Crippen LogP contribution is -2.23. The lowest BCUT2D eigenvalue weighted by atomic mass is 9.87. The van der Waals surface area contributed by atoms with Crippen molar-refractivity contribution in [2.75, 3.05) is 11.9 Å². The van der Waals surface area contributed by atoms with Gasteiger partial charge in [-0.25, -0.2) is 0 Å². The second-order valence-electron chi connectivity index (χ2n) is 5.99. The Morgan fingerprint density at radius 3 is 2.37 bits per heavy atom. The highest BCUT2D eigenvalue weighted by Gasteiger charge is 2.18. The van der Waals surface area contributed by atoms with Crippen LogP contribution in [0.4, 0.5) is 5.69 Å². The second kappa shape index (κ2) is 6.95. The van der Waals surface area contributed by atoms with Crippen molar-refractivity contribution in [1.82, 2.24) is 0 Å². The maximum Gasteiger partial charge on any atom is 0.0540 e. The van der Waals surface area contributed by atoms with Crippen LogP contribution in [0.3, 0.4) is 0 Å². The molecule has 2 N–H and O–H groups in total. The third-order valence-electron chi connectivity index (χ3n) is 4.50. The van der Waals surface area contributed by atoms with E-state index in [1.165, 1.54) is 17.7 Å². The van der Waals surface area contributed by atoms with E-state index in [9.17, 15) is 5.11 Å². The Labute approximate surface area is 117 Å². The van der Waals surface area contributed by atoms with Gasteiger partial charge in [0.1, 0.15) is 0 Å². The first-order valence-corrected chi connectivity index (χ1v) is 7.71. The Bertz CT molecular complexity index is 365. The summed E-state index contributed by atoms with van der Waals surface area (Å²) in [4.78, 5) is 0. The van der Waals surface area contributed by atoms with Gasteiger partial charge in [-0.3, -0.25) is 0 Å². The zero-order valence-electron chi connectivity index (χ0n) is 12.2. The fourth-order valence-electron chi connectivity index (χ4n) is 2.78. The molecule has 0 aliphatic heterocycles. The van der Waals surface area contributed by atoms with Crippen molar-refractivity contribution in [2.45, 2.75) is 58.0 Å². The predicted octanol–water partition coefficient (Wildman–Crippen LogP) is 4.16. The normalized spacial score (nSPS) is 25.0. The molecule has 2 rings (SSSR count). The summed E-state index contributed by atoms with van der Waals surface area (Å²) in [5.41, 5.74) is 2.65. The van der Waals surface area contributed by atoms with Crippen LogP contribution in [-0.2, 0) is 0 Å². The van der Waals surface area contributed by atoms with Crippen LogP contribution in [0.2, 0.25) is 0 Å². The topological polar surface area (TPSA) is 32.3 Å². The summed E-state index contributed by atoms with van der Waals surface area (Å²) in [6.07, 6.45) is 5.39. The van der Waals surface area contributed by atoms with Crippen molar-refractivity contribution in [3.8, 4) is 0 Å². The van der Waals surface area contributed by atoms with E-state index in [-0.39, 0.29) is 6.10 Å². The van der Waals surface area contributed by atoms with Crippen LogP contribution in [0.5, 0.6) is 0 Å². The van der Waals surface area contributed by atoms with E-state index in [4.69, 9.17) is 0 Å². The van der Waals surface area contributed by atoms with Gasteiger partial charge >= 0.3 is 0 Å². The molecule has 2 nitrogen and oxygen atoms in total. The van der Waals surface area contributed by atoms with E-state index >= 15 is 0 Å². The molecule has 1 unspecified atom stereocenters. The third kappa shape index (κ3) is 4.24. The number of rotatable bonds is 5. The largest absolute Gasteiger partial charge is 0.393 e. The number of anilines is 1. The van der Waals surface area contributed by atoms with Gasteiger partial charge in [-0.2, -0.15) is 0 Å². The van der Waals surface area contributed by atoms with Crippen molar-refractivity contribution in [2.24, 2.45) is 5.92 Å². The molecule has 0 aromatic heterocycles. The van der Waals surface area contributed by atoms with Crippen molar-refractivity contribution < 1.29 is 5.11 Å². The Hall–Kier alpha value is -1.02. The molecule has 106 valence electrons. The minimum atomic E-state index is -0.0499. The van der Waals surface area contributed by atoms with E-state index < -0.39 is 0 Å². The number of benzene rings is 1. The van der Waals surface area contributed by atoms with Gasteiger partial charge in [0.15, 0.2) is 0 Å². The van der Waals surface area contributed by atoms with Crippen LogP contribution < -0.4 is 5.32 Å². The highest BCUT2D eigenvalue weighted by molar-refractivity contribution is 5.45. The van der Waals surface area contributed by atoms with E-state index in [1.807, 2.05) is 0 Å². The van der Waals surface area contributed by atoms with Crippen molar-refractivity contribution in [3.63, 3.8) is 0 Å². The molecule has 0 saturated heterocycles. The minimum absolute atomic E-state index is 0.0499. The molecule has 0 heterocycles. The predicted molar refractivity (Wildman–Crippen MR) is 81.6 cm³/mol. The smallest absolute Gasteiger partial charge is 0.0540 e. The van der Waals surface area contributed by atoms with Crippen LogP contribution in [0.1, 0.15) is 57.4 Å². The Morgan fingerprint density at radius 1 is 1.16 bits per heavy atom. The molecule has 1 aliphatic carbocycles. The van der Waals surface area contributed by atoms with Gasteiger partial charge in [0.2, 0.25) is 0 Å². The summed E-state index contributed by atoms with van der Waals surface area (Å²) < 4.78 is 0. The number of nitrogens with one attached hydrogen (secondary N) is 1. The summed E-state index contributed by atoms with van der Waals surface area (Å²) in [6.45, 7) is 5.54. The molecule has 1 atom stereocenters. The summed E-state index contributed by atoms with van der Waals surface area (Å²) in [6, 6.07) is 8.86. The standard InChI is InChI=1S/C17H27NO/c1-3-13(2)15-6-8-16(9-7-15)18-12-14-4-10-17(19)11-5-14/h6-9,13-14,17-19H,3-5,10-12H2,1-2H3. The van der Waals surface area contributed by atoms with Crippen LogP contribution in [0.15, 0.2) is 24.3 Å². The molecule has 2 heteroatoms. The van der Waals surface area contributed by atoms with Crippen LogP contribution in [0, 0.1) is 5.92 Å². The van der Waals surface area contributed by atoms with Crippen molar-refractivity contribution in [3.05, 3.63) is 29.8 Å². The molecular weight excluding hydrogens is 234 g/mol. The highest BCUT2D eigenvalue weighted by Crippen LogP contribution is 2.25. The molecule has 0 bridgehead atoms. The quantitative estimate of drug-likeness (QED) is 0.834. The van der Waals surface area contributed by atoms with Crippen molar-refractivity contribution in [1.29, 1.82) is 0 Å².